The minimum atomic E-state index is 0.372. The van der Waals surface area contributed by atoms with Crippen LogP contribution in [0.1, 0.15) is 50.5 Å². The highest BCUT2D eigenvalue weighted by molar-refractivity contribution is 6.31. The summed E-state index contributed by atoms with van der Waals surface area (Å²) < 4.78 is 0. The minimum Gasteiger partial charge on any atom is -0.356 e. The first kappa shape index (κ1) is 14.4. The molecular weight excluding hydrogens is 293 g/mol. The summed E-state index contributed by atoms with van der Waals surface area (Å²) in [5.74, 6) is 1.31. The lowest BCUT2D eigenvalue weighted by Crippen LogP contribution is -2.41. The molecule has 1 saturated heterocycles. The Morgan fingerprint density at radius 2 is 1.75 bits per heavy atom. The quantitative estimate of drug-likeness (QED) is 0.598. The van der Waals surface area contributed by atoms with E-state index in [0.717, 1.165) is 24.5 Å². The Morgan fingerprint density at radius 1 is 1.05 bits per heavy atom. The van der Waals surface area contributed by atoms with Crippen molar-refractivity contribution in [2.24, 2.45) is 5.41 Å². The molecule has 110 valence electrons. The molecule has 0 amide bonds. The molecule has 1 aromatic rings. The van der Waals surface area contributed by atoms with Gasteiger partial charge in [0.25, 0.3) is 0 Å². The van der Waals surface area contributed by atoms with E-state index < -0.39 is 0 Å². The van der Waals surface area contributed by atoms with E-state index in [4.69, 9.17) is 23.2 Å². The summed E-state index contributed by atoms with van der Waals surface area (Å²) >= 11 is 12.1. The van der Waals surface area contributed by atoms with Crippen molar-refractivity contribution in [2.75, 3.05) is 18.0 Å². The molecule has 0 unspecified atom stereocenters. The second kappa shape index (κ2) is 6.07. The summed E-state index contributed by atoms with van der Waals surface area (Å²) in [5.41, 5.74) is 1.47. The smallest absolute Gasteiger partial charge is 0.138 e. The van der Waals surface area contributed by atoms with E-state index in [9.17, 15) is 0 Å². The van der Waals surface area contributed by atoms with Gasteiger partial charge in [-0.3, -0.25) is 0 Å². The van der Waals surface area contributed by atoms with Crippen molar-refractivity contribution in [2.45, 2.75) is 50.8 Å². The molecular formula is C15H21Cl2N3. The highest BCUT2D eigenvalue weighted by Crippen LogP contribution is 2.45. The molecule has 1 aliphatic carbocycles. The van der Waals surface area contributed by atoms with Crippen LogP contribution in [-0.2, 0) is 5.88 Å². The predicted molar refractivity (Wildman–Crippen MR) is 83.6 cm³/mol. The van der Waals surface area contributed by atoms with Crippen LogP contribution in [0.3, 0.4) is 0 Å². The van der Waals surface area contributed by atoms with Crippen LogP contribution in [-0.4, -0.2) is 23.1 Å². The predicted octanol–water partition coefficient (Wildman–Crippen LogP) is 4.42. The van der Waals surface area contributed by atoms with Crippen LogP contribution in [0.15, 0.2) is 6.33 Å². The van der Waals surface area contributed by atoms with Crippen molar-refractivity contribution in [3.05, 3.63) is 17.0 Å². The number of hydrogen-bond donors (Lipinski definition) is 0. The van der Waals surface area contributed by atoms with Crippen LogP contribution in [0, 0.1) is 5.41 Å². The number of anilines is 1. The fraction of sp³-hybridized carbons (Fsp3) is 0.733. The lowest BCUT2D eigenvalue weighted by atomic mass is 9.68. The van der Waals surface area contributed by atoms with E-state index in [0.29, 0.717) is 16.4 Å². The number of alkyl halides is 1. The SMILES string of the molecule is ClCc1c(Cl)ncnc1N1CCC2(CCCCC2)CC1. The Balaban J connectivity index is 1.73. The average molecular weight is 314 g/mol. The third-order valence-electron chi connectivity index (χ3n) is 5.04. The van der Waals surface area contributed by atoms with Crippen molar-refractivity contribution >= 4 is 29.0 Å². The maximum atomic E-state index is 6.13. The topological polar surface area (TPSA) is 29.0 Å². The molecule has 0 N–H and O–H groups in total. The molecule has 3 nitrogen and oxygen atoms in total. The van der Waals surface area contributed by atoms with Gasteiger partial charge >= 0.3 is 0 Å². The number of rotatable bonds is 2. The van der Waals surface area contributed by atoms with Crippen LogP contribution in [0.5, 0.6) is 0 Å². The number of halogens is 2. The van der Waals surface area contributed by atoms with Crippen LogP contribution >= 0.6 is 23.2 Å². The zero-order valence-electron chi connectivity index (χ0n) is 11.7. The van der Waals surface area contributed by atoms with Gasteiger partial charge in [-0.25, -0.2) is 9.97 Å². The van der Waals surface area contributed by atoms with Gasteiger partial charge in [0.15, 0.2) is 0 Å². The molecule has 1 saturated carbocycles. The van der Waals surface area contributed by atoms with Gasteiger partial charge in [-0.05, 0) is 31.1 Å². The van der Waals surface area contributed by atoms with Crippen molar-refractivity contribution in [1.29, 1.82) is 0 Å². The summed E-state index contributed by atoms with van der Waals surface area (Å²) in [4.78, 5) is 10.8. The first-order valence-electron chi connectivity index (χ1n) is 7.54. The molecule has 20 heavy (non-hydrogen) atoms. The third kappa shape index (κ3) is 2.75. The lowest BCUT2D eigenvalue weighted by Gasteiger charge is -2.45. The minimum absolute atomic E-state index is 0.372. The molecule has 0 aromatic carbocycles. The van der Waals surface area contributed by atoms with Crippen LogP contribution in [0.25, 0.3) is 0 Å². The summed E-state index contributed by atoms with van der Waals surface area (Å²) in [6.45, 7) is 2.13. The molecule has 0 atom stereocenters. The molecule has 2 fully saturated rings. The van der Waals surface area contributed by atoms with E-state index in [2.05, 4.69) is 14.9 Å². The Labute approximate surface area is 130 Å². The largest absolute Gasteiger partial charge is 0.356 e. The lowest BCUT2D eigenvalue weighted by molar-refractivity contribution is 0.144. The van der Waals surface area contributed by atoms with Gasteiger partial charge in [0.05, 0.1) is 5.88 Å². The Hall–Kier alpha value is -0.540. The maximum Gasteiger partial charge on any atom is 0.138 e. The summed E-state index contributed by atoms with van der Waals surface area (Å²) in [5, 5.41) is 0.489. The average Bonchev–Trinajstić information content (AvgIpc) is 2.49. The number of hydrogen-bond acceptors (Lipinski definition) is 3. The van der Waals surface area contributed by atoms with Crippen molar-refractivity contribution in [3.63, 3.8) is 0 Å². The van der Waals surface area contributed by atoms with Crippen molar-refractivity contribution < 1.29 is 0 Å². The maximum absolute atomic E-state index is 6.13. The molecule has 5 heteroatoms. The third-order valence-corrected chi connectivity index (χ3v) is 5.63. The van der Waals surface area contributed by atoms with Crippen molar-refractivity contribution in [3.8, 4) is 0 Å². The van der Waals surface area contributed by atoms with Gasteiger partial charge in [-0.2, -0.15) is 0 Å². The first-order chi connectivity index (χ1) is 9.74. The summed E-state index contributed by atoms with van der Waals surface area (Å²) in [6, 6.07) is 0. The van der Waals surface area contributed by atoms with E-state index in [1.807, 2.05) is 0 Å². The van der Waals surface area contributed by atoms with Crippen molar-refractivity contribution in [1.82, 2.24) is 9.97 Å². The Morgan fingerprint density at radius 3 is 2.40 bits per heavy atom. The molecule has 2 heterocycles. The van der Waals surface area contributed by atoms with Crippen LogP contribution in [0.2, 0.25) is 5.15 Å². The second-order valence-electron chi connectivity index (χ2n) is 6.15. The van der Waals surface area contributed by atoms with Gasteiger partial charge in [-0.15, -0.1) is 11.6 Å². The normalized spacial score (nSPS) is 22.2. The number of piperidine rings is 1. The Kier molecular flexibility index (Phi) is 4.37. The molecule has 0 bridgehead atoms. The standard InChI is InChI=1S/C15H21Cl2N3/c16-10-12-13(17)18-11-19-14(12)20-8-6-15(7-9-20)4-2-1-3-5-15/h11H,1-10H2. The zero-order chi connectivity index (χ0) is 14.0. The molecule has 1 aliphatic heterocycles. The van der Waals surface area contributed by atoms with Gasteiger partial charge in [0.1, 0.15) is 17.3 Å². The van der Waals surface area contributed by atoms with E-state index in [1.165, 1.54) is 44.9 Å². The van der Waals surface area contributed by atoms with Gasteiger partial charge in [0, 0.05) is 18.7 Å². The van der Waals surface area contributed by atoms with Crippen LogP contribution < -0.4 is 4.90 Å². The Bertz CT molecular complexity index is 462. The molecule has 0 radical (unpaired) electrons. The van der Waals surface area contributed by atoms with Gasteiger partial charge in [0.2, 0.25) is 0 Å². The fourth-order valence-corrected chi connectivity index (χ4v) is 4.27. The van der Waals surface area contributed by atoms with E-state index in [-0.39, 0.29) is 0 Å². The zero-order valence-corrected chi connectivity index (χ0v) is 13.3. The monoisotopic (exact) mass is 313 g/mol. The molecule has 1 spiro atoms. The number of aromatic nitrogens is 2. The number of nitrogens with zero attached hydrogens (tertiary/aromatic N) is 3. The molecule has 2 aliphatic rings. The van der Waals surface area contributed by atoms with Crippen LogP contribution in [0.4, 0.5) is 5.82 Å². The summed E-state index contributed by atoms with van der Waals surface area (Å²) in [7, 11) is 0. The molecule has 3 rings (SSSR count). The highest BCUT2D eigenvalue weighted by Gasteiger charge is 2.36. The van der Waals surface area contributed by atoms with E-state index in [1.54, 1.807) is 6.33 Å². The second-order valence-corrected chi connectivity index (χ2v) is 6.77. The fourth-order valence-electron chi connectivity index (χ4n) is 3.76. The van der Waals surface area contributed by atoms with E-state index >= 15 is 0 Å². The van der Waals surface area contributed by atoms with Gasteiger partial charge < -0.3 is 4.90 Å². The van der Waals surface area contributed by atoms with Gasteiger partial charge in [-0.1, -0.05) is 30.9 Å². The first-order valence-corrected chi connectivity index (χ1v) is 8.46. The summed E-state index contributed by atoms with van der Waals surface area (Å²) in [6.07, 6.45) is 11.1. The highest BCUT2D eigenvalue weighted by atomic mass is 35.5. The molecule has 1 aromatic heterocycles.